The molecule has 2 rings (SSSR count). The molecule has 0 radical (unpaired) electrons. The molecule has 0 saturated carbocycles. The zero-order chi connectivity index (χ0) is 14.9. The minimum absolute atomic E-state index is 0.0278. The summed E-state index contributed by atoms with van der Waals surface area (Å²) in [6, 6.07) is 2.53. The van der Waals surface area contributed by atoms with Crippen LogP contribution in [0.3, 0.4) is 0 Å². The summed E-state index contributed by atoms with van der Waals surface area (Å²) >= 11 is 0.706. The number of carbonyl (C=O) groups is 2. The summed E-state index contributed by atoms with van der Waals surface area (Å²) in [5, 5.41) is 8.83. The molecule has 1 atom stereocenters. The first-order valence-electron chi connectivity index (χ1n) is 5.95. The second kappa shape index (κ2) is 5.51. The van der Waals surface area contributed by atoms with Gasteiger partial charge in [-0.3, -0.25) is 4.79 Å². The van der Waals surface area contributed by atoms with E-state index in [2.05, 4.69) is 0 Å². The number of hydrogen-bond acceptors (Lipinski definition) is 5. The fourth-order valence-corrected chi connectivity index (χ4v) is 4.92. The number of thiophene rings is 1. The van der Waals surface area contributed by atoms with Gasteiger partial charge in [0.2, 0.25) is 5.91 Å². The standard InChI is InChI=1S/C11H14N2O5S2/c12-10(14)7-2-1-5-13(6-7)20(17,18)9-4-3-8(19-9)11(15)16/h3-4,7H,1-2,5-6H2,(H2,12,14)(H,15,16). The van der Waals surface area contributed by atoms with Crippen LogP contribution in [0.15, 0.2) is 16.3 Å². The highest BCUT2D eigenvalue weighted by Crippen LogP contribution is 2.28. The molecule has 1 aliphatic rings. The molecule has 9 heteroatoms. The minimum Gasteiger partial charge on any atom is -0.477 e. The number of piperidine rings is 1. The Hall–Kier alpha value is -1.45. The van der Waals surface area contributed by atoms with E-state index in [4.69, 9.17) is 10.8 Å². The number of sulfonamides is 1. The summed E-state index contributed by atoms with van der Waals surface area (Å²) in [6.07, 6.45) is 1.14. The lowest BCUT2D eigenvalue weighted by molar-refractivity contribution is -0.122. The van der Waals surface area contributed by atoms with E-state index < -0.39 is 27.8 Å². The van der Waals surface area contributed by atoms with Gasteiger partial charge in [0.15, 0.2) is 0 Å². The number of primary amides is 1. The Morgan fingerprint density at radius 2 is 2.10 bits per heavy atom. The molecule has 1 amide bonds. The van der Waals surface area contributed by atoms with Crippen LogP contribution in [0, 0.1) is 5.92 Å². The predicted octanol–water partition coefficient (Wildman–Crippen LogP) is 0.332. The van der Waals surface area contributed by atoms with Gasteiger partial charge in [-0.2, -0.15) is 4.31 Å². The number of aromatic carboxylic acids is 1. The number of amides is 1. The molecule has 3 N–H and O–H groups in total. The highest BCUT2D eigenvalue weighted by molar-refractivity contribution is 7.91. The zero-order valence-corrected chi connectivity index (χ0v) is 12.1. The molecule has 1 aromatic rings. The molecular formula is C11H14N2O5S2. The van der Waals surface area contributed by atoms with E-state index in [1.54, 1.807) is 0 Å². The molecule has 1 aromatic heterocycles. The maximum atomic E-state index is 12.4. The van der Waals surface area contributed by atoms with E-state index in [1.165, 1.54) is 16.4 Å². The molecule has 1 fully saturated rings. The third-order valence-electron chi connectivity index (χ3n) is 3.17. The average molecular weight is 318 g/mol. The van der Waals surface area contributed by atoms with Gasteiger partial charge in [0.1, 0.15) is 9.09 Å². The molecule has 1 aliphatic heterocycles. The van der Waals surface area contributed by atoms with Crippen LogP contribution in [0.2, 0.25) is 0 Å². The first-order chi connectivity index (χ1) is 9.32. The third kappa shape index (κ3) is 2.84. The SMILES string of the molecule is NC(=O)C1CCCN(S(=O)(=O)c2ccc(C(=O)O)s2)C1. The molecule has 0 spiro atoms. The van der Waals surface area contributed by atoms with Crippen molar-refractivity contribution < 1.29 is 23.1 Å². The molecule has 0 bridgehead atoms. The van der Waals surface area contributed by atoms with Gasteiger partial charge in [-0.25, -0.2) is 13.2 Å². The van der Waals surface area contributed by atoms with Crippen molar-refractivity contribution >= 4 is 33.2 Å². The summed E-state index contributed by atoms with van der Waals surface area (Å²) < 4.78 is 25.9. The summed E-state index contributed by atoms with van der Waals surface area (Å²) in [7, 11) is -3.76. The zero-order valence-electron chi connectivity index (χ0n) is 10.5. The number of carboxylic acids is 1. The van der Waals surface area contributed by atoms with Crippen LogP contribution >= 0.6 is 11.3 Å². The van der Waals surface area contributed by atoms with Crippen LogP contribution in [-0.2, 0) is 14.8 Å². The van der Waals surface area contributed by atoms with E-state index in [1.807, 2.05) is 0 Å². The first kappa shape index (κ1) is 14.9. The van der Waals surface area contributed by atoms with Crippen molar-refractivity contribution in [2.24, 2.45) is 11.7 Å². The van der Waals surface area contributed by atoms with E-state index in [-0.39, 0.29) is 15.6 Å². The van der Waals surface area contributed by atoms with Gasteiger partial charge in [-0.15, -0.1) is 11.3 Å². The average Bonchev–Trinajstić information content (AvgIpc) is 2.89. The maximum absolute atomic E-state index is 12.4. The van der Waals surface area contributed by atoms with E-state index in [0.29, 0.717) is 30.7 Å². The highest BCUT2D eigenvalue weighted by Gasteiger charge is 2.33. The summed E-state index contributed by atoms with van der Waals surface area (Å²) in [4.78, 5) is 21.9. The molecule has 0 aromatic carbocycles. The van der Waals surface area contributed by atoms with Crippen LogP contribution in [0.5, 0.6) is 0 Å². The number of carboxylic acid groups (broad SMARTS) is 1. The lowest BCUT2D eigenvalue weighted by Crippen LogP contribution is -2.43. The number of carbonyl (C=O) groups excluding carboxylic acids is 1. The summed E-state index contributed by atoms with van der Waals surface area (Å²) in [5.41, 5.74) is 5.22. The predicted molar refractivity (Wildman–Crippen MR) is 72.0 cm³/mol. The molecule has 7 nitrogen and oxygen atoms in total. The Morgan fingerprint density at radius 1 is 1.40 bits per heavy atom. The Labute approximate surface area is 120 Å². The second-order valence-electron chi connectivity index (χ2n) is 4.53. The van der Waals surface area contributed by atoms with Crippen molar-refractivity contribution in [1.82, 2.24) is 4.31 Å². The third-order valence-corrected chi connectivity index (χ3v) is 6.58. The lowest BCUT2D eigenvalue weighted by atomic mass is 9.99. The van der Waals surface area contributed by atoms with Gasteiger partial charge in [-0.05, 0) is 25.0 Å². The van der Waals surface area contributed by atoms with Crippen molar-refractivity contribution in [2.75, 3.05) is 13.1 Å². The number of hydrogen-bond donors (Lipinski definition) is 2. The van der Waals surface area contributed by atoms with E-state index >= 15 is 0 Å². The summed E-state index contributed by atoms with van der Waals surface area (Å²) in [6.45, 7) is 0.365. The monoisotopic (exact) mass is 318 g/mol. The molecular weight excluding hydrogens is 304 g/mol. The quantitative estimate of drug-likeness (QED) is 0.829. The number of rotatable bonds is 4. The second-order valence-corrected chi connectivity index (χ2v) is 7.78. The normalized spacial score (nSPS) is 20.7. The van der Waals surface area contributed by atoms with E-state index in [0.717, 1.165) is 0 Å². The van der Waals surface area contributed by atoms with Crippen molar-refractivity contribution in [1.29, 1.82) is 0 Å². The highest BCUT2D eigenvalue weighted by atomic mass is 32.2. The molecule has 0 aliphatic carbocycles. The molecule has 1 saturated heterocycles. The Bertz CT molecular complexity index is 637. The van der Waals surface area contributed by atoms with Crippen molar-refractivity contribution in [2.45, 2.75) is 17.1 Å². The van der Waals surface area contributed by atoms with Crippen molar-refractivity contribution in [3.05, 3.63) is 17.0 Å². The number of nitrogens with two attached hydrogens (primary N) is 1. The lowest BCUT2D eigenvalue weighted by Gasteiger charge is -2.29. The minimum atomic E-state index is -3.76. The topological polar surface area (TPSA) is 118 Å². The van der Waals surface area contributed by atoms with Crippen molar-refractivity contribution in [3.8, 4) is 0 Å². The number of nitrogens with zero attached hydrogens (tertiary/aromatic N) is 1. The van der Waals surface area contributed by atoms with Crippen LogP contribution < -0.4 is 5.73 Å². The van der Waals surface area contributed by atoms with Gasteiger partial charge >= 0.3 is 5.97 Å². The molecule has 20 heavy (non-hydrogen) atoms. The Balaban J connectivity index is 2.25. The fraction of sp³-hybridized carbons (Fsp3) is 0.455. The van der Waals surface area contributed by atoms with Gasteiger partial charge in [0.25, 0.3) is 10.0 Å². The largest absolute Gasteiger partial charge is 0.477 e. The Kier molecular flexibility index (Phi) is 4.11. The van der Waals surface area contributed by atoms with Crippen molar-refractivity contribution in [3.63, 3.8) is 0 Å². The van der Waals surface area contributed by atoms with Gasteiger partial charge < -0.3 is 10.8 Å². The fourth-order valence-electron chi connectivity index (χ4n) is 2.09. The smallest absolute Gasteiger partial charge is 0.345 e. The van der Waals surface area contributed by atoms with Crippen LogP contribution in [-0.4, -0.2) is 42.8 Å². The van der Waals surface area contributed by atoms with Gasteiger partial charge in [0.05, 0.1) is 5.92 Å². The summed E-state index contributed by atoms with van der Waals surface area (Å²) in [5.74, 6) is -2.16. The van der Waals surface area contributed by atoms with E-state index in [9.17, 15) is 18.0 Å². The van der Waals surface area contributed by atoms with Crippen LogP contribution in [0.1, 0.15) is 22.5 Å². The van der Waals surface area contributed by atoms with Gasteiger partial charge in [-0.1, -0.05) is 0 Å². The molecule has 110 valence electrons. The maximum Gasteiger partial charge on any atom is 0.345 e. The first-order valence-corrected chi connectivity index (χ1v) is 8.20. The molecule has 1 unspecified atom stereocenters. The molecule has 2 heterocycles. The van der Waals surface area contributed by atoms with Crippen LogP contribution in [0.25, 0.3) is 0 Å². The Morgan fingerprint density at radius 3 is 2.65 bits per heavy atom. The van der Waals surface area contributed by atoms with Gasteiger partial charge in [0, 0.05) is 13.1 Å². The van der Waals surface area contributed by atoms with Crippen LogP contribution in [0.4, 0.5) is 0 Å².